The molecule has 0 aliphatic carbocycles. The molecule has 1 aliphatic rings. The van der Waals surface area contributed by atoms with Gasteiger partial charge in [0.1, 0.15) is 11.2 Å². The SMILES string of the molecule is CCC1(C(F)(F)SC)C[C@@H](CCC(O)c2cccc(F)c2)NC1=O. The molecule has 3 atom stereocenters. The molecule has 1 fully saturated rings. The Balaban J connectivity index is 2.01. The minimum atomic E-state index is -3.14. The lowest BCUT2D eigenvalue weighted by Gasteiger charge is -2.32. The number of halogens is 3. The molecule has 1 aliphatic heterocycles. The van der Waals surface area contributed by atoms with Gasteiger partial charge < -0.3 is 10.4 Å². The largest absolute Gasteiger partial charge is 0.388 e. The van der Waals surface area contributed by atoms with Crippen molar-refractivity contribution in [2.75, 3.05) is 6.26 Å². The maximum absolute atomic E-state index is 14.3. The van der Waals surface area contributed by atoms with Gasteiger partial charge in [0, 0.05) is 6.04 Å². The third kappa shape index (κ3) is 3.57. The van der Waals surface area contributed by atoms with E-state index in [2.05, 4.69) is 5.32 Å². The van der Waals surface area contributed by atoms with Crippen molar-refractivity contribution in [3.8, 4) is 0 Å². The van der Waals surface area contributed by atoms with Crippen molar-refractivity contribution in [1.82, 2.24) is 5.32 Å². The number of rotatable bonds is 7. The van der Waals surface area contributed by atoms with Crippen LogP contribution in [-0.4, -0.2) is 28.6 Å². The zero-order valence-corrected chi connectivity index (χ0v) is 14.5. The summed E-state index contributed by atoms with van der Waals surface area (Å²) in [6.45, 7) is 1.59. The molecule has 134 valence electrons. The Morgan fingerprint density at radius 3 is 2.79 bits per heavy atom. The maximum Gasteiger partial charge on any atom is 0.307 e. The Hall–Kier alpha value is -1.21. The van der Waals surface area contributed by atoms with Crippen molar-refractivity contribution in [1.29, 1.82) is 0 Å². The van der Waals surface area contributed by atoms with Crippen LogP contribution in [-0.2, 0) is 4.79 Å². The van der Waals surface area contributed by atoms with E-state index < -0.39 is 34.5 Å². The molecule has 1 aromatic carbocycles. The fourth-order valence-corrected chi connectivity index (χ4v) is 3.97. The topological polar surface area (TPSA) is 49.3 Å². The monoisotopic (exact) mass is 361 g/mol. The van der Waals surface area contributed by atoms with Crippen LogP contribution in [0.4, 0.5) is 13.2 Å². The van der Waals surface area contributed by atoms with E-state index in [9.17, 15) is 23.1 Å². The third-order valence-electron chi connectivity index (χ3n) is 4.80. The summed E-state index contributed by atoms with van der Waals surface area (Å²) in [6, 6.07) is 5.23. The summed E-state index contributed by atoms with van der Waals surface area (Å²) in [5, 5.41) is 9.63. The predicted molar refractivity (Wildman–Crippen MR) is 88.3 cm³/mol. The molecule has 0 spiro atoms. The maximum atomic E-state index is 14.3. The number of nitrogens with one attached hydrogen (secondary N) is 1. The van der Waals surface area contributed by atoms with Crippen molar-refractivity contribution in [3.05, 3.63) is 35.6 Å². The Bertz CT molecular complexity index is 599. The second-order valence-electron chi connectivity index (χ2n) is 6.18. The highest BCUT2D eigenvalue weighted by Gasteiger charge is 2.61. The van der Waals surface area contributed by atoms with E-state index in [4.69, 9.17) is 0 Å². The normalized spacial score (nSPS) is 25.6. The number of hydrogen-bond donors (Lipinski definition) is 2. The molecule has 2 N–H and O–H groups in total. The second-order valence-corrected chi connectivity index (χ2v) is 7.10. The molecule has 1 amide bonds. The lowest BCUT2D eigenvalue weighted by atomic mass is 9.81. The predicted octanol–water partition coefficient (Wildman–Crippen LogP) is 3.88. The van der Waals surface area contributed by atoms with E-state index in [1.54, 1.807) is 13.0 Å². The number of thioether (sulfide) groups is 1. The van der Waals surface area contributed by atoms with E-state index in [0.717, 1.165) is 0 Å². The van der Waals surface area contributed by atoms with Gasteiger partial charge in [0.15, 0.2) is 0 Å². The molecule has 1 heterocycles. The van der Waals surface area contributed by atoms with Crippen LogP contribution in [0.1, 0.15) is 44.3 Å². The van der Waals surface area contributed by atoms with Gasteiger partial charge in [-0.3, -0.25) is 4.79 Å². The van der Waals surface area contributed by atoms with Gasteiger partial charge in [-0.25, -0.2) is 4.39 Å². The number of carbonyl (C=O) groups excluding carboxylic acids is 1. The van der Waals surface area contributed by atoms with Crippen LogP contribution >= 0.6 is 11.8 Å². The summed E-state index contributed by atoms with van der Waals surface area (Å²) in [4.78, 5) is 12.2. The number of amides is 1. The average molecular weight is 361 g/mol. The molecule has 0 saturated carbocycles. The molecule has 0 radical (unpaired) electrons. The molecule has 7 heteroatoms. The Morgan fingerprint density at radius 2 is 2.21 bits per heavy atom. The van der Waals surface area contributed by atoms with Crippen LogP contribution in [0.3, 0.4) is 0 Å². The highest BCUT2D eigenvalue weighted by molar-refractivity contribution is 7.99. The van der Waals surface area contributed by atoms with Crippen LogP contribution in [0.2, 0.25) is 0 Å². The van der Waals surface area contributed by atoms with E-state index in [1.165, 1.54) is 24.5 Å². The molecule has 0 bridgehead atoms. The molecule has 2 rings (SSSR count). The van der Waals surface area contributed by atoms with Crippen LogP contribution in [0.15, 0.2) is 24.3 Å². The summed E-state index contributed by atoms with van der Waals surface area (Å²) in [6.07, 6.45) is 1.11. The van der Waals surface area contributed by atoms with Crippen LogP contribution in [0.25, 0.3) is 0 Å². The van der Waals surface area contributed by atoms with Crippen molar-refractivity contribution in [3.63, 3.8) is 0 Å². The molecule has 3 nitrogen and oxygen atoms in total. The summed E-state index contributed by atoms with van der Waals surface area (Å²) < 4.78 is 41.7. The van der Waals surface area contributed by atoms with Crippen molar-refractivity contribution >= 4 is 17.7 Å². The minimum Gasteiger partial charge on any atom is -0.388 e. The molecule has 0 aromatic heterocycles. The Kier molecular flexibility index (Phi) is 5.86. The van der Waals surface area contributed by atoms with Crippen LogP contribution < -0.4 is 5.32 Å². The molecule has 2 unspecified atom stereocenters. The lowest BCUT2D eigenvalue weighted by molar-refractivity contribution is -0.139. The standard InChI is InChI=1S/C17H22F3NO2S/c1-3-16(17(19,20)24-2)10-13(21-15(16)23)7-8-14(22)11-5-4-6-12(18)9-11/h4-6,9,13-14,22H,3,7-8,10H2,1-2H3,(H,21,23)/t13-,14?,16?/m1/s1. The molecular weight excluding hydrogens is 339 g/mol. The zero-order valence-electron chi connectivity index (χ0n) is 13.7. The Labute approximate surface area is 144 Å². The van der Waals surface area contributed by atoms with Gasteiger partial charge in [-0.2, -0.15) is 8.78 Å². The molecule has 24 heavy (non-hydrogen) atoms. The number of benzene rings is 1. The number of hydrogen-bond acceptors (Lipinski definition) is 3. The van der Waals surface area contributed by atoms with Gasteiger partial charge in [0.25, 0.3) is 0 Å². The molecule has 1 saturated heterocycles. The first-order valence-electron chi connectivity index (χ1n) is 7.93. The third-order valence-corrected chi connectivity index (χ3v) is 5.71. The first kappa shape index (κ1) is 19.1. The minimum absolute atomic E-state index is 0.0338. The lowest BCUT2D eigenvalue weighted by Crippen LogP contribution is -2.44. The smallest absolute Gasteiger partial charge is 0.307 e. The van der Waals surface area contributed by atoms with E-state index in [1.807, 2.05) is 0 Å². The van der Waals surface area contributed by atoms with Gasteiger partial charge in [-0.15, -0.1) is 0 Å². The van der Waals surface area contributed by atoms with Crippen LogP contribution in [0.5, 0.6) is 0 Å². The first-order chi connectivity index (χ1) is 11.3. The van der Waals surface area contributed by atoms with Gasteiger partial charge in [-0.1, -0.05) is 30.8 Å². The van der Waals surface area contributed by atoms with Crippen molar-refractivity contribution in [2.24, 2.45) is 5.41 Å². The van der Waals surface area contributed by atoms with Gasteiger partial charge in [0.2, 0.25) is 5.91 Å². The summed E-state index contributed by atoms with van der Waals surface area (Å²) >= 11 is 0.391. The molecular formula is C17H22F3NO2S. The summed E-state index contributed by atoms with van der Waals surface area (Å²) in [5.74, 6) is -1.07. The van der Waals surface area contributed by atoms with Crippen LogP contribution in [0, 0.1) is 11.2 Å². The quantitative estimate of drug-likeness (QED) is 0.775. The number of alkyl halides is 2. The fraction of sp³-hybridized carbons (Fsp3) is 0.588. The molecule has 1 aromatic rings. The zero-order chi connectivity index (χ0) is 18.0. The number of aliphatic hydroxyl groups excluding tert-OH is 1. The average Bonchev–Trinajstić information content (AvgIpc) is 2.90. The van der Waals surface area contributed by atoms with Crippen molar-refractivity contribution < 1.29 is 23.1 Å². The summed E-state index contributed by atoms with van der Waals surface area (Å²) in [7, 11) is 0. The van der Waals surface area contributed by atoms with E-state index in [-0.39, 0.29) is 19.3 Å². The highest BCUT2D eigenvalue weighted by atomic mass is 32.2. The highest BCUT2D eigenvalue weighted by Crippen LogP contribution is 2.52. The first-order valence-corrected chi connectivity index (χ1v) is 9.15. The van der Waals surface area contributed by atoms with Gasteiger partial charge in [0.05, 0.1) is 6.10 Å². The Morgan fingerprint density at radius 1 is 1.50 bits per heavy atom. The van der Waals surface area contributed by atoms with Gasteiger partial charge >= 0.3 is 5.25 Å². The van der Waals surface area contributed by atoms with E-state index >= 15 is 0 Å². The number of aliphatic hydroxyl groups is 1. The second kappa shape index (κ2) is 7.35. The van der Waals surface area contributed by atoms with Crippen molar-refractivity contribution in [2.45, 2.75) is 50.0 Å². The van der Waals surface area contributed by atoms with E-state index in [0.29, 0.717) is 23.7 Å². The summed E-state index contributed by atoms with van der Waals surface area (Å²) in [5.41, 5.74) is -1.27. The number of carbonyl (C=O) groups is 1. The van der Waals surface area contributed by atoms with Gasteiger partial charge in [-0.05, 0) is 49.6 Å². The fourth-order valence-electron chi connectivity index (χ4n) is 3.26.